The van der Waals surface area contributed by atoms with Crippen molar-refractivity contribution in [2.45, 2.75) is 19.8 Å². The van der Waals surface area contributed by atoms with Gasteiger partial charge in [-0.05, 0) is 18.8 Å². The lowest BCUT2D eigenvalue weighted by Gasteiger charge is -2.31. The van der Waals surface area contributed by atoms with Crippen LogP contribution in [0.15, 0.2) is 12.1 Å². The third-order valence-corrected chi connectivity index (χ3v) is 3.86. The molecule has 2 rings (SSSR count). The first-order valence-electron chi connectivity index (χ1n) is 7.45. The van der Waals surface area contributed by atoms with Crippen LogP contribution in [0.3, 0.4) is 0 Å². The molecular weight excluding hydrogens is 284 g/mol. The number of piperidine rings is 1. The van der Waals surface area contributed by atoms with Crippen LogP contribution in [0.1, 0.15) is 19.8 Å². The summed E-state index contributed by atoms with van der Waals surface area (Å²) in [5.74, 6) is 2.09. The zero-order valence-electron chi connectivity index (χ0n) is 13.6. The van der Waals surface area contributed by atoms with Crippen LogP contribution in [0.4, 0.5) is 10.5 Å². The molecule has 22 heavy (non-hydrogen) atoms. The van der Waals surface area contributed by atoms with Gasteiger partial charge in [-0.1, -0.05) is 6.92 Å². The Hall–Kier alpha value is -2.11. The van der Waals surface area contributed by atoms with Gasteiger partial charge in [0.25, 0.3) is 0 Å². The van der Waals surface area contributed by atoms with Crippen LogP contribution in [0.5, 0.6) is 17.2 Å². The van der Waals surface area contributed by atoms with Gasteiger partial charge in [0, 0.05) is 25.2 Å². The lowest BCUT2D eigenvalue weighted by molar-refractivity contribution is 0.182. The predicted molar refractivity (Wildman–Crippen MR) is 85.1 cm³/mol. The number of ether oxygens (including phenoxy) is 3. The Morgan fingerprint density at radius 3 is 2.32 bits per heavy atom. The van der Waals surface area contributed by atoms with Crippen LogP contribution in [0.2, 0.25) is 0 Å². The molecule has 122 valence electrons. The van der Waals surface area contributed by atoms with Crippen molar-refractivity contribution >= 4 is 11.7 Å². The van der Waals surface area contributed by atoms with Crippen LogP contribution in [-0.2, 0) is 0 Å². The molecule has 6 heteroatoms. The first-order chi connectivity index (χ1) is 10.6. The quantitative estimate of drug-likeness (QED) is 0.929. The van der Waals surface area contributed by atoms with E-state index in [2.05, 4.69) is 12.2 Å². The summed E-state index contributed by atoms with van der Waals surface area (Å²) < 4.78 is 15.9. The molecule has 0 spiro atoms. The SMILES string of the molecule is COc1cc(NC(=O)N2CCCC(C)C2)cc(OC)c1OC. The highest BCUT2D eigenvalue weighted by molar-refractivity contribution is 5.90. The van der Waals surface area contributed by atoms with Crippen LogP contribution in [0, 0.1) is 5.92 Å². The fraction of sp³-hybridized carbons (Fsp3) is 0.562. The average Bonchev–Trinajstić information content (AvgIpc) is 2.53. The second kappa shape index (κ2) is 7.24. The largest absolute Gasteiger partial charge is 0.493 e. The summed E-state index contributed by atoms with van der Waals surface area (Å²) in [5, 5.41) is 2.90. The molecule has 1 unspecified atom stereocenters. The molecule has 1 heterocycles. The summed E-state index contributed by atoms with van der Waals surface area (Å²) >= 11 is 0. The first-order valence-corrected chi connectivity index (χ1v) is 7.45. The summed E-state index contributed by atoms with van der Waals surface area (Å²) in [6, 6.07) is 3.36. The molecule has 0 radical (unpaired) electrons. The van der Waals surface area contributed by atoms with Crippen molar-refractivity contribution in [3.63, 3.8) is 0 Å². The number of hydrogen-bond acceptors (Lipinski definition) is 4. The Kier molecular flexibility index (Phi) is 5.35. The summed E-state index contributed by atoms with van der Waals surface area (Å²) in [5.41, 5.74) is 0.623. The molecule has 0 saturated carbocycles. The van der Waals surface area contributed by atoms with E-state index in [1.54, 1.807) is 33.5 Å². The van der Waals surface area contributed by atoms with E-state index < -0.39 is 0 Å². The minimum Gasteiger partial charge on any atom is -0.493 e. The number of methoxy groups -OCH3 is 3. The van der Waals surface area contributed by atoms with E-state index in [0.29, 0.717) is 28.9 Å². The van der Waals surface area contributed by atoms with Gasteiger partial charge in [0.1, 0.15) is 0 Å². The topological polar surface area (TPSA) is 60.0 Å². The van der Waals surface area contributed by atoms with E-state index in [1.165, 1.54) is 6.42 Å². The van der Waals surface area contributed by atoms with Gasteiger partial charge in [-0.2, -0.15) is 0 Å². The minimum atomic E-state index is -0.0965. The number of anilines is 1. The fourth-order valence-electron chi connectivity index (χ4n) is 2.73. The van der Waals surface area contributed by atoms with Crippen molar-refractivity contribution in [1.29, 1.82) is 0 Å². The molecule has 0 aromatic heterocycles. The molecule has 1 atom stereocenters. The smallest absolute Gasteiger partial charge is 0.321 e. The molecule has 1 aliphatic rings. The summed E-state index contributed by atoms with van der Waals surface area (Å²) in [4.78, 5) is 14.2. The van der Waals surface area contributed by atoms with E-state index in [9.17, 15) is 4.79 Å². The monoisotopic (exact) mass is 308 g/mol. The molecule has 1 aromatic rings. The highest BCUT2D eigenvalue weighted by Crippen LogP contribution is 2.40. The van der Waals surface area contributed by atoms with Crippen LogP contribution < -0.4 is 19.5 Å². The number of nitrogens with zero attached hydrogens (tertiary/aromatic N) is 1. The Morgan fingerprint density at radius 1 is 1.18 bits per heavy atom. The van der Waals surface area contributed by atoms with Gasteiger partial charge < -0.3 is 24.4 Å². The molecule has 1 N–H and O–H groups in total. The minimum absolute atomic E-state index is 0.0965. The molecule has 1 aliphatic heterocycles. The van der Waals surface area contributed by atoms with Gasteiger partial charge >= 0.3 is 6.03 Å². The maximum absolute atomic E-state index is 12.4. The van der Waals surface area contributed by atoms with Crippen molar-refractivity contribution in [3.05, 3.63) is 12.1 Å². The van der Waals surface area contributed by atoms with E-state index in [4.69, 9.17) is 14.2 Å². The molecule has 1 aromatic carbocycles. The number of urea groups is 1. The van der Waals surface area contributed by atoms with Crippen LogP contribution >= 0.6 is 0 Å². The normalized spacial score (nSPS) is 17.8. The maximum atomic E-state index is 12.4. The molecular formula is C16H24N2O4. The van der Waals surface area contributed by atoms with Crippen molar-refractivity contribution < 1.29 is 19.0 Å². The summed E-state index contributed by atoms with van der Waals surface area (Å²) in [6.45, 7) is 3.75. The van der Waals surface area contributed by atoms with Gasteiger partial charge in [-0.25, -0.2) is 4.79 Å². The van der Waals surface area contributed by atoms with Crippen molar-refractivity contribution in [2.75, 3.05) is 39.7 Å². The molecule has 1 fully saturated rings. The zero-order chi connectivity index (χ0) is 16.1. The second-order valence-corrected chi connectivity index (χ2v) is 5.54. The third-order valence-electron chi connectivity index (χ3n) is 3.86. The third kappa shape index (κ3) is 3.55. The summed E-state index contributed by atoms with van der Waals surface area (Å²) in [6.07, 6.45) is 2.22. The van der Waals surface area contributed by atoms with Gasteiger partial charge in [0.2, 0.25) is 5.75 Å². The lowest BCUT2D eigenvalue weighted by atomic mass is 10.0. The Bertz CT molecular complexity index is 508. The van der Waals surface area contributed by atoms with E-state index in [0.717, 1.165) is 19.5 Å². The van der Waals surface area contributed by atoms with Crippen molar-refractivity contribution in [1.82, 2.24) is 4.90 Å². The van der Waals surface area contributed by atoms with Crippen LogP contribution in [-0.4, -0.2) is 45.3 Å². The van der Waals surface area contributed by atoms with Gasteiger partial charge in [-0.3, -0.25) is 0 Å². The van der Waals surface area contributed by atoms with E-state index >= 15 is 0 Å². The highest BCUT2D eigenvalue weighted by Gasteiger charge is 2.22. The fourth-order valence-corrected chi connectivity index (χ4v) is 2.73. The Balaban J connectivity index is 2.16. The molecule has 2 amide bonds. The number of carbonyl (C=O) groups is 1. The average molecular weight is 308 g/mol. The molecule has 6 nitrogen and oxygen atoms in total. The van der Waals surface area contributed by atoms with E-state index in [-0.39, 0.29) is 6.03 Å². The number of benzene rings is 1. The molecule has 1 saturated heterocycles. The van der Waals surface area contributed by atoms with Crippen molar-refractivity contribution in [3.8, 4) is 17.2 Å². The molecule has 0 aliphatic carbocycles. The van der Waals surface area contributed by atoms with E-state index in [1.807, 2.05) is 4.90 Å². The van der Waals surface area contributed by atoms with Gasteiger partial charge in [0.05, 0.1) is 27.0 Å². The number of nitrogens with one attached hydrogen (secondary N) is 1. The Morgan fingerprint density at radius 2 is 1.82 bits per heavy atom. The zero-order valence-corrected chi connectivity index (χ0v) is 13.6. The number of carbonyl (C=O) groups excluding carboxylic acids is 1. The standard InChI is InChI=1S/C16H24N2O4/c1-11-6-5-7-18(10-11)16(19)17-12-8-13(20-2)15(22-4)14(9-12)21-3/h8-9,11H,5-7,10H2,1-4H3,(H,17,19). The predicted octanol–water partition coefficient (Wildman–Crippen LogP) is 2.98. The van der Waals surface area contributed by atoms with Gasteiger partial charge in [-0.15, -0.1) is 0 Å². The van der Waals surface area contributed by atoms with Crippen molar-refractivity contribution in [2.24, 2.45) is 5.92 Å². The summed E-state index contributed by atoms with van der Waals surface area (Å²) in [7, 11) is 4.65. The number of likely N-dealkylation sites (tertiary alicyclic amines) is 1. The number of rotatable bonds is 4. The number of amides is 2. The highest BCUT2D eigenvalue weighted by atomic mass is 16.5. The van der Waals surface area contributed by atoms with Gasteiger partial charge in [0.15, 0.2) is 11.5 Å². The van der Waals surface area contributed by atoms with Crippen LogP contribution in [0.25, 0.3) is 0 Å². The Labute approximate surface area is 131 Å². The number of hydrogen-bond donors (Lipinski definition) is 1. The lowest BCUT2D eigenvalue weighted by Crippen LogP contribution is -2.41. The second-order valence-electron chi connectivity index (χ2n) is 5.54. The first kappa shape index (κ1) is 16.3. The molecule has 0 bridgehead atoms. The maximum Gasteiger partial charge on any atom is 0.321 e.